The topological polar surface area (TPSA) is 47.6 Å². The largest absolute Gasteiger partial charge is 0.482 e. The molecule has 0 fully saturated rings. The van der Waals surface area contributed by atoms with Gasteiger partial charge in [0.2, 0.25) is 6.10 Å². The van der Waals surface area contributed by atoms with Gasteiger partial charge in [0.05, 0.1) is 0 Å². The minimum Gasteiger partial charge on any atom is -0.482 e. The molecular formula is C17H16BrNO3. The van der Waals surface area contributed by atoms with E-state index in [9.17, 15) is 4.79 Å². The van der Waals surface area contributed by atoms with Crippen molar-refractivity contribution < 1.29 is 14.3 Å². The summed E-state index contributed by atoms with van der Waals surface area (Å²) in [6.07, 6.45) is -0.987. The van der Waals surface area contributed by atoms with Gasteiger partial charge in [-0.15, -0.1) is 0 Å². The highest BCUT2D eigenvalue weighted by Crippen LogP contribution is 2.33. The number of hydrogen-bond acceptors (Lipinski definition) is 3. The maximum absolute atomic E-state index is 12.3. The summed E-state index contributed by atoms with van der Waals surface area (Å²) >= 11 is 3.42. The molecule has 0 aliphatic carbocycles. The van der Waals surface area contributed by atoms with Gasteiger partial charge in [0.25, 0.3) is 5.91 Å². The van der Waals surface area contributed by atoms with E-state index in [1.807, 2.05) is 49.4 Å². The molecule has 0 saturated heterocycles. The van der Waals surface area contributed by atoms with E-state index in [-0.39, 0.29) is 12.0 Å². The highest BCUT2D eigenvalue weighted by Gasteiger charge is 2.33. The number of carbonyl (C=O) groups is 1. The van der Waals surface area contributed by atoms with E-state index in [1.54, 1.807) is 6.07 Å². The first kappa shape index (κ1) is 14.9. The molecular weight excluding hydrogens is 346 g/mol. The smallest absolute Gasteiger partial charge is 0.265 e. The third-order valence-electron chi connectivity index (χ3n) is 3.46. The number of benzene rings is 2. The van der Waals surface area contributed by atoms with Crippen LogP contribution in [0.2, 0.25) is 0 Å². The molecule has 1 N–H and O–H groups in total. The SMILES string of the molecule is C[C@H]1Oc2ccccc2O[C@H]1C(=O)NCc1cccc(Br)c1. The molecule has 1 aliphatic rings. The van der Waals surface area contributed by atoms with Crippen molar-refractivity contribution in [2.75, 3.05) is 0 Å². The number of halogens is 1. The van der Waals surface area contributed by atoms with Gasteiger partial charge in [-0.1, -0.05) is 40.2 Å². The minimum absolute atomic E-state index is 0.179. The van der Waals surface area contributed by atoms with Crippen LogP contribution in [0.5, 0.6) is 11.5 Å². The van der Waals surface area contributed by atoms with Crippen LogP contribution < -0.4 is 14.8 Å². The Hall–Kier alpha value is -2.01. The highest BCUT2D eigenvalue weighted by atomic mass is 79.9. The first-order valence-electron chi connectivity index (χ1n) is 7.08. The van der Waals surface area contributed by atoms with Crippen LogP contribution in [0.15, 0.2) is 53.0 Å². The molecule has 2 aromatic carbocycles. The van der Waals surface area contributed by atoms with Gasteiger partial charge in [0.15, 0.2) is 11.5 Å². The second kappa shape index (κ2) is 6.40. The Balaban J connectivity index is 1.65. The predicted molar refractivity (Wildman–Crippen MR) is 86.9 cm³/mol. The number of carbonyl (C=O) groups excluding carboxylic acids is 1. The summed E-state index contributed by atoms with van der Waals surface area (Å²) in [5.41, 5.74) is 1.02. The molecule has 114 valence electrons. The van der Waals surface area contributed by atoms with Crippen molar-refractivity contribution in [2.24, 2.45) is 0 Å². The van der Waals surface area contributed by atoms with Gasteiger partial charge in [-0.3, -0.25) is 4.79 Å². The van der Waals surface area contributed by atoms with E-state index >= 15 is 0 Å². The zero-order chi connectivity index (χ0) is 15.5. The monoisotopic (exact) mass is 361 g/mol. The number of rotatable bonds is 3. The average Bonchev–Trinajstić information content (AvgIpc) is 2.52. The van der Waals surface area contributed by atoms with Crippen LogP contribution in [0.4, 0.5) is 0 Å². The molecule has 0 bridgehead atoms. The first-order valence-corrected chi connectivity index (χ1v) is 7.87. The molecule has 2 aromatic rings. The minimum atomic E-state index is -0.651. The lowest BCUT2D eigenvalue weighted by molar-refractivity contribution is -0.133. The first-order chi connectivity index (χ1) is 10.6. The molecule has 5 heteroatoms. The van der Waals surface area contributed by atoms with Crippen molar-refractivity contribution in [3.8, 4) is 11.5 Å². The Morgan fingerprint density at radius 1 is 1.14 bits per heavy atom. The third-order valence-corrected chi connectivity index (χ3v) is 3.95. The fourth-order valence-electron chi connectivity index (χ4n) is 2.34. The van der Waals surface area contributed by atoms with Crippen LogP contribution in [-0.2, 0) is 11.3 Å². The maximum Gasteiger partial charge on any atom is 0.265 e. The number of hydrogen-bond donors (Lipinski definition) is 1. The summed E-state index contributed by atoms with van der Waals surface area (Å²) in [6.45, 7) is 2.28. The number of amides is 1. The van der Waals surface area contributed by atoms with Crippen LogP contribution in [-0.4, -0.2) is 18.1 Å². The van der Waals surface area contributed by atoms with Crippen LogP contribution >= 0.6 is 15.9 Å². The van der Waals surface area contributed by atoms with E-state index in [0.717, 1.165) is 10.0 Å². The van der Waals surface area contributed by atoms with Crippen LogP contribution in [0.25, 0.3) is 0 Å². The van der Waals surface area contributed by atoms with E-state index < -0.39 is 6.10 Å². The lowest BCUT2D eigenvalue weighted by Crippen LogP contribution is -2.48. The molecule has 1 heterocycles. The second-order valence-corrected chi connectivity index (χ2v) is 6.07. The zero-order valence-corrected chi connectivity index (χ0v) is 13.7. The Kier molecular flexibility index (Phi) is 4.34. The van der Waals surface area contributed by atoms with Gasteiger partial charge in [0.1, 0.15) is 6.10 Å². The summed E-state index contributed by atoms with van der Waals surface area (Å²) in [4.78, 5) is 12.3. The van der Waals surface area contributed by atoms with Crippen molar-refractivity contribution in [1.82, 2.24) is 5.32 Å². The normalized spacial score (nSPS) is 19.5. The fourth-order valence-corrected chi connectivity index (χ4v) is 2.79. The summed E-state index contributed by atoms with van der Waals surface area (Å²) < 4.78 is 12.5. The molecule has 2 atom stereocenters. The maximum atomic E-state index is 12.3. The van der Waals surface area contributed by atoms with E-state index in [0.29, 0.717) is 18.0 Å². The summed E-state index contributed by atoms with van der Waals surface area (Å²) in [7, 11) is 0. The number of fused-ring (bicyclic) bond motifs is 1. The highest BCUT2D eigenvalue weighted by molar-refractivity contribution is 9.10. The molecule has 0 unspecified atom stereocenters. The molecule has 1 amide bonds. The van der Waals surface area contributed by atoms with Crippen molar-refractivity contribution in [3.63, 3.8) is 0 Å². The van der Waals surface area contributed by atoms with E-state index in [1.165, 1.54) is 0 Å². The van der Waals surface area contributed by atoms with E-state index in [4.69, 9.17) is 9.47 Å². The predicted octanol–water partition coefficient (Wildman–Crippen LogP) is 3.29. The van der Waals surface area contributed by atoms with E-state index in [2.05, 4.69) is 21.2 Å². The lowest BCUT2D eigenvalue weighted by Gasteiger charge is -2.31. The average molecular weight is 362 g/mol. The number of ether oxygens (including phenoxy) is 2. The van der Waals surface area contributed by atoms with Gasteiger partial charge in [-0.2, -0.15) is 0 Å². The van der Waals surface area contributed by atoms with Crippen LogP contribution in [0.3, 0.4) is 0 Å². The standard InChI is InChI=1S/C17H16BrNO3/c1-11-16(22-15-8-3-2-7-14(15)21-11)17(20)19-10-12-5-4-6-13(18)9-12/h2-9,11,16H,10H2,1H3,(H,19,20)/t11-,16-/m1/s1. The second-order valence-electron chi connectivity index (χ2n) is 5.16. The van der Waals surface area contributed by atoms with Gasteiger partial charge in [0, 0.05) is 11.0 Å². The van der Waals surface area contributed by atoms with Crippen molar-refractivity contribution in [3.05, 3.63) is 58.6 Å². The fraction of sp³-hybridized carbons (Fsp3) is 0.235. The molecule has 4 nitrogen and oxygen atoms in total. The van der Waals surface area contributed by atoms with Crippen molar-refractivity contribution in [2.45, 2.75) is 25.7 Å². The summed E-state index contributed by atoms with van der Waals surface area (Å²) in [5.74, 6) is 1.09. The summed E-state index contributed by atoms with van der Waals surface area (Å²) in [5, 5.41) is 2.89. The van der Waals surface area contributed by atoms with Gasteiger partial charge in [-0.25, -0.2) is 0 Å². The molecule has 0 spiro atoms. The van der Waals surface area contributed by atoms with Gasteiger partial charge >= 0.3 is 0 Å². The van der Waals surface area contributed by atoms with Crippen molar-refractivity contribution in [1.29, 1.82) is 0 Å². The Morgan fingerprint density at radius 3 is 2.59 bits per heavy atom. The Bertz CT molecular complexity index is 689. The third kappa shape index (κ3) is 3.25. The molecule has 0 aromatic heterocycles. The summed E-state index contributed by atoms with van der Waals surface area (Å²) in [6, 6.07) is 15.2. The molecule has 0 radical (unpaired) electrons. The zero-order valence-electron chi connectivity index (χ0n) is 12.1. The Labute approximate surface area is 137 Å². The molecule has 0 saturated carbocycles. The van der Waals surface area contributed by atoms with Crippen LogP contribution in [0, 0.1) is 0 Å². The van der Waals surface area contributed by atoms with Crippen molar-refractivity contribution >= 4 is 21.8 Å². The number of para-hydroxylation sites is 2. The molecule has 1 aliphatic heterocycles. The lowest BCUT2D eigenvalue weighted by atomic mass is 10.1. The Morgan fingerprint density at radius 2 is 1.86 bits per heavy atom. The van der Waals surface area contributed by atoms with Crippen LogP contribution in [0.1, 0.15) is 12.5 Å². The van der Waals surface area contributed by atoms with Gasteiger partial charge in [-0.05, 0) is 36.8 Å². The molecule has 3 rings (SSSR count). The number of nitrogens with one attached hydrogen (secondary N) is 1. The molecule has 22 heavy (non-hydrogen) atoms. The van der Waals surface area contributed by atoms with Gasteiger partial charge < -0.3 is 14.8 Å². The quantitative estimate of drug-likeness (QED) is 0.912.